The zero-order chi connectivity index (χ0) is 13.0. The van der Waals surface area contributed by atoms with Crippen LogP contribution in [-0.2, 0) is 5.33 Å². The Hall–Kier alpha value is -1.50. The number of hydrogen-bond donors (Lipinski definition) is 0. The molecule has 0 bridgehead atoms. The fraction of sp³-hybridized carbons (Fsp3) is 0.0714. The first-order valence-electron chi connectivity index (χ1n) is 5.25. The summed E-state index contributed by atoms with van der Waals surface area (Å²) in [6, 6.07) is 14.6. The first-order chi connectivity index (χ1) is 8.72. The maximum absolute atomic E-state index is 8.81. The van der Waals surface area contributed by atoms with Gasteiger partial charge in [0.05, 0.1) is 11.6 Å². The van der Waals surface area contributed by atoms with Crippen LogP contribution in [-0.4, -0.2) is 0 Å². The van der Waals surface area contributed by atoms with Gasteiger partial charge in [-0.05, 0) is 35.9 Å². The molecule has 0 N–H and O–H groups in total. The third-order valence-electron chi connectivity index (χ3n) is 2.37. The molecule has 0 fully saturated rings. The molecule has 4 heteroatoms. The zero-order valence-corrected chi connectivity index (χ0v) is 11.7. The highest BCUT2D eigenvalue weighted by molar-refractivity contribution is 9.08. The van der Waals surface area contributed by atoms with Crippen molar-refractivity contribution in [3.63, 3.8) is 0 Å². The van der Waals surface area contributed by atoms with Crippen molar-refractivity contribution >= 4 is 27.5 Å². The van der Waals surface area contributed by atoms with Crippen LogP contribution in [0.25, 0.3) is 0 Å². The zero-order valence-electron chi connectivity index (χ0n) is 9.36. The Balaban J connectivity index is 2.23. The van der Waals surface area contributed by atoms with E-state index in [1.54, 1.807) is 30.3 Å². The minimum atomic E-state index is 0.565. The van der Waals surface area contributed by atoms with Crippen molar-refractivity contribution in [3.05, 3.63) is 58.6 Å². The molecule has 2 aromatic carbocycles. The second-order valence-electron chi connectivity index (χ2n) is 3.63. The third-order valence-corrected chi connectivity index (χ3v) is 3.32. The summed E-state index contributed by atoms with van der Waals surface area (Å²) in [6.45, 7) is 0. The van der Waals surface area contributed by atoms with Crippen molar-refractivity contribution < 1.29 is 4.74 Å². The summed E-state index contributed by atoms with van der Waals surface area (Å²) < 4.78 is 5.65. The lowest BCUT2D eigenvalue weighted by Crippen LogP contribution is -1.87. The van der Waals surface area contributed by atoms with Crippen LogP contribution >= 0.6 is 27.5 Å². The molecule has 18 heavy (non-hydrogen) atoms. The highest BCUT2D eigenvalue weighted by atomic mass is 79.9. The van der Waals surface area contributed by atoms with Crippen molar-refractivity contribution in [1.29, 1.82) is 5.26 Å². The minimum Gasteiger partial charge on any atom is -0.457 e. The van der Waals surface area contributed by atoms with Crippen LogP contribution in [0.2, 0.25) is 5.02 Å². The summed E-state index contributed by atoms with van der Waals surface area (Å²) >= 11 is 9.45. The average molecular weight is 323 g/mol. The minimum absolute atomic E-state index is 0.565. The van der Waals surface area contributed by atoms with Crippen LogP contribution in [0.1, 0.15) is 11.1 Å². The Bertz CT molecular complexity index is 607. The Morgan fingerprint density at radius 2 is 1.94 bits per heavy atom. The molecule has 0 amide bonds. The molecule has 0 saturated heterocycles. The number of halogens is 2. The highest BCUT2D eigenvalue weighted by Crippen LogP contribution is 2.28. The predicted octanol–water partition coefficient (Wildman–Crippen LogP) is 4.90. The molecule has 0 aliphatic carbocycles. The maximum Gasteiger partial charge on any atom is 0.128 e. The van der Waals surface area contributed by atoms with E-state index in [1.165, 1.54) is 0 Å². The molecule has 0 radical (unpaired) electrons. The van der Waals surface area contributed by atoms with Crippen molar-refractivity contribution in [2.75, 3.05) is 0 Å². The van der Waals surface area contributed by atoms with Gasteiger partial charge in [0.2, 0.25) is 0 Å². The Morgan fingerprint density at radius 1 is 1.17 bits per heavy atom. The smallest absolute Gasteiger partial charge is 0.128 e. The monoisotopic (exact) mass is 321 g/mol. The lowest BCUT2D eigenvalue weighted by atomic mass is 10.2. The molecule has 0 aliphatic rings. The van der Waals surface area contributed by atoms with Crippen molar-refractivity contribution in [3.8, 4) is 17.6 Å². The van der Waals surface area contributed by atoms with E-state index in [1.807, 2.05) is 12.1 Å². The standard InChI is InChI=1S/C14H9BrClNO/c15-8-11-4-5-13(7-14(11)16)18-12-3-1-2-10(6-12)9-17/h1-7H,8H2. The van der Waals surface area contributed by atoms with Gasteiger partial charge in [-0.2, -0.15) is 5.26 Å². The van der Waals surface area contributed by atoms with E-state index in [0.717, 1.165) is 5.56 Å². The lowest BCUT2D eigenvalue weighted by Gasteiger charge is -2.07. The molecule has 0 saturated carbocycles. The van der Waals surface area contributed by atoms with Gasteiger partial charge < -0.3 is 4.74 Å². The Labute approximate surface area is 119 Å². The number of alkyl halides is 1. The fourth-order valence-corrected chi connectivity index (χ4v) is 2.35. The third kappa shape index (κ3) is 3.04. The van der Waals surface area contributed by atoms with E-state index in [2.05, 4.69) is 22.0 Å². The van der Waals surface area contributed by atoms with Gasteiger partial charge in [-0.1, -0.05) is 39.7 Å². The van der Waals surface area contributed by atoms with Gasteiger partial charge in [-0.15, -0.1) is 0 Å². The second kappa shape index (κ2) is 5.90. The summed E-state index contributed by atoms with van der Waals surface area (Å²) in [5.41, 5.74) is 1.57. The fourth-order valence-electron chi connectivity index (χ4n) is 1.47. The van der Waals surface area contributed by atoms with E-state index in [9.17, 15) is 0 Å². The van der Waals surface area contributed by atoms with Crippen molar-refractivity contribution in [2.24, 2.45) is 0 Å². The summed E-state index contributed by atoms with van der Waals surface area (Å²) in [6.07, 6.45) is 0. The van der Waals surface area contributed by atoms with Crippen LogP contribution in [0, 0.1) is 11.3 Å². The molecule has 90 valence electrons. The van der Waals surface area contributed by atoms with Crippen LogP contribution < -0.4 is 4.74 Å². The van der Waals surface area contributed by atoms with Gasteiger partial charge in [0.15, 0.2) is 0 Å². The Morgan fingerprint density at radius 3 is 2.61 bits per heavy atom. The number of nitrogens with zero attached hydrogens (tertiary/aromatic N) is 1. The molecule has 0 atom stereocenters. The molecule has 2 aromatic rings. The molecule has 2 nitrogen and oxygen atoms in total. The Kier molecular flexibility index (Phi) is 4.24. The molecular formula is C14H9BrClNO. The summed E-state index contributed by atoms with van der Waals surface area (Å²) in [7, 11) is 0. The average Bonchev–Trinajstić information content (AvgIpc) is 2.39. The van der Waals surface area contributed by atoms with Crippen LogP contribution in [0.5, 0.6) is 11.5 Å². The topological polar surface area (TPSA) is 33.0 Å². The lowest BCUT2D eigenvalue weighted by molar-refractivity contribution is 0.482. The molecule has 0 heterocycles. The van der Waals surface area contributed by atoms with Crippen LogP contribution in [0.4, 0.5) is 0 Å². The van der Waals surface area contributed by atoms with E-state index in [4.69, 9.17) is 21.6 Å². The normalized spacial score (nSPS) is 9.83. The van der Waals surface area contributed by atoms with Crippen molar-refractivity contribution in [1.82, 2.24) is 0 Å². The summed E-state index contributed by atoms with van der Waals surface area (Å²) in [5, 5.41) is 10.2. The number of rotatable bonds is 3. The number of benzene rings is 2. The first kappa shape index (κ1) is 12.9. The second-order valence-corrected chi connectivity index (χ2v) is 4.60. The number of nitriles is 1. The molecular weight excluding hydrogens is 314 g/mol. The molecule has 0 unspecified atom stereocenters. The quantitative estimate of drug-likeness (QED) is 0.753. The largest absolute Gasteiger partial charge is 0.457 e. The van der Waals surface area contributed by atoms with E-state index < -0.39 is 0 Å². The molecule has 0 aromatic heterocycles. The van der Waals surface area contributed by atoms with E-state index >= 15 is 0 Å². The number of ether oxygens (including phenoxy) is 1. The SMILES string of the molecule is N#Cc1cccc(Oc2ccc(CBr)c(Cl)c2)c1. The molecule has 0 spiro atoms. The van der Waals surface area contributed by atoms with Crippen LogP contribution in [0.3, 0.4) is 0 Å². The van der Waals surface area contributed by atoms with E-state index in [-0.39, 0.29) is 0 Å². The molecule has 0 aliphatic heterocycles. The molecule has 2 rings (SSSR count). The van der Waals surface area contributed by atoms with E-state index in [0.29, 0.717) is 27.4 Å². The van der Waals surface area contributed by atoms with Gasteiger partial charge in [0.25, 0.3) is 0 Å². The van der Waals surface area contributed by atoms with Crippen LogP contribution in [0.15, 0.2) is 42.5 Å². The van der Waals surface area contributed by atoms with Crippen molar-refractivity contribution in [2.45, 2.75) is 5.33 Å². The van der Waals surface area contributed by atoms with Gasteiger partial charge in [0, 0.05) is 10.4 Å². The predicted molar refractivity (Wildman–Crippen MR) is 75.3 cm³/mol. The summed E-state index contributed by atoms with van der Waals surface area (Å²) in [5.74, 6) is 1.27. The highest BCUT2D eigenvalue weighted by Gasteiger charge is 2.03. The maximum atomic E-state index is 8.81. The summed E-state index contributed by atoms with van der Waals surface area (Å²) in [4.78, 5) is 0. The van der Waals surface area contributed by atoms with Gasteiger partial charge in [-0.3, -0.25) is 0 Å². The first-order valence-corrected chi connectivity index (χ1v) is 6.75. The number of hydrogen-bond acceptors (Lipinski definition) is 2. The van der Waals surface area contributed by atoms with Gasteiger partial charge in [-0.25, -0.2) is 0 Å². The van der Waals surface area contributed by atoms with Gasteiger partial charge >= 0.3 is 0 Å². The van der Waals surface area contributed by atoms with Gasteiger partial charge in [0.1, 0.15) is 11.5 Å².